The molecule has 0 saturated carbocycles. The number of aryl methyl sites for hydroxylation is 1. The van der Waals surface area contributed by atoms with Crippen LogP contribution in [-0.2, 0) is 17.7 Å². The van der Waals surface area contributed by atoms with E-state index in [1.165, 1.54) is 0 Å². The van der Waals surface area contributed by atoms with E-state index in [1.807, 2.05) is 19.1 Å². The van der Waals surface area contributed by atoms with Gasteiger partial charge in [0.1, 0.15) is 5.82 Å². The number of hydrogen-bond acceptors (Lipinski definition) is 3. The minimum atomic E-state index is -0.703. The molecular weight excluding hydrogens is 324 g/mol. The largest absolute Gasteiger partial charge is 0.388 e. The Labute approximate surface area is 150 Å². The van der Waals surface area contributed by atoms with E-state index in [0.717, 1.165) is 40.7 Å². The minimum absolute atomic E-state index is 0.573. The second-order valence-corrected chi connectivity index (χ2v) is 7.00. The van der Waals surface area contributed by atoms with Crippen LogP contribution in [-0.4, -0.2) is 33.5 Å². The van der Waals surface area contributed by atoms with E-state index < -0.39 is 5.60 Å². The topological polar surface area (TPSA) is 47.3 Å². The lowest BCUT2D eigenvalue weighted by Crippen LogP contribution is -2.40. The molecule has 1 aromatic rings. The summed E-state index contributed by atoms with van der Waals surface area (Å²) in [6.45, 7) is 10.1. The number of nitrogens with zero attached hydrogens (tertiary/aromatic N) is 2. The van der Waals surface area contributed by atoms with Crippen molar-refractivity contribution in [2.75, 3.05) is 13.2 Å². The van der Waals surface area contributed by atoms with Crippen molar-refractivity contribution in [1.29, 1.82) is 0 Å². The van der Waals surface area contributed by atoms with Crippen molar-refractivity contribution in [3.63, 3.8) is 0 Å². The fourth-order valence-electron chi connectivity index (χ4n) is 2.92. The lowest BCUT2D eigenvalue weighted by molar-refractivity contribution is -0.0734. The number of aliphatic hydroxyl groups is 1. The fourth-order valence-corrected chi connectivity index (χ4v) is 3.11. The molecule has 1 aliphatic rings. The van der Waals surface area contributed by atoms with Crippen LogP contribution in [0.5, 0.6) is 0 Å². The second-order valence-electron chi connectivity index (χ2n) is 6.59. The Balaban J connectivity index is 2.27. The number of aromatic nitrogens is 2. The Kier molecular flexibility index (Phi) is 6.67. The molecule has 0 spiro atoms. The van der Waals surface area contributed by atoms with E-state index in [0.29, 0.717) is 32.6 Å². The Morgan fingerprint density at radius 1 is 1.38 bits per heavy atom. The molecule has 0 unspecified atom stereocenters. The highest BCUT2D eigenvalue weighted by molar-refractivity contribution is 6.31. The highest BCUT2D eigenvalue weighted by Gasteiger charge is 2.31. The summed E-state index contributed by atoms with van der Waals surface area (Å²) in [6.07, 6.45) is 7.00. The Morgan fingerprint density at radius 3 is 2.62 bits per heavy atom. The third-order valence-corrected chi connectivity index (χ3v) is 5.30. The van der Waals surface area contributed by atoms with E-state index in [9.17, 15) is 5.11 Å². The summed E-state index contributed by atoms with van der Waals surface area (Å²) in [6, 6.07) is 0. The summed E-state index contributed by atoms with van der Waals surface area (Å²) in [4.78, 5) is 4.73. The SMILES string of the molecule is CC/C(C)=C(Cl)/C=C\c1nc(CC)n(CC2(O)CCOCC2)c1C. The first-order chi connectivity index (χ1) is 11.4. The fraction of sp³-hybridized carbons (Fsp3) is 0.632. The van der Waals surface area contributed by atoms with Crippen molar-refractivity contribution in [2.24, 2.45) is 0 Å². The first-order valence-corrected chi connectivity index (χ1v) is 9.17. The molecule has 0 aromatic carbocycles. The van der Waals surface area contributed by atoms with Gasteiger partial charge in [0.25, 0.3) is 0 Å². The molecule has 4 nitrogen and oxygen atoms in total. The van der Waals surface area contributed by atoms with E-state index in [4.69, 9.17) is 21.3 Å². The highest BCUT2D eigenvalue weighted by Crippen LogP contribution is 2.26. The first kappa shape index (κ1) is 19.2. The molecule has 1 aliphatic heterocycles. The van der Waals surface area contributed by atoms with Gasteiger partial charge in [-0.1, -0.05) is 31.0 Å². The third kappa shape index (κ3) is 4.50. The zero-order chi connectivity index (χ0) is 17.7. The van der Waals surface area contributed by atoms with Crippen molar-refractivity contribution < 1.29 is 9.84 Å². The van der Waals surface area contributed by atoms with Crippen LogP contribution in [0.2, 0.25) is 0 Å². The van der Waals surface area contributed by atoms with Crippen LogP contribution in [0.25, 0.3) is 6.08 Å². The van der Waals surface area contributed by atoms with E-state index in [1.54, 1.807) is 0 Å². The number of hydrogen-bond donors (Lipinski definition) is 1. The van der Waals surface area contributed by atoms with Gasteiger partial charge in [0.05, 0.1) is 17.8 Å². The maximum Gasteiger partial charge on any atom is 0.109 e. The van der Waals surface area contributed by atoms with Gasteiger partial charge in [0.2, 0.25) is 0 Å². The quantitative estimate of drug-likeness (QED) is 0.779. The molecule has 1 saturated heterocycles. The van der Waals surface area contributed by atoms with E-state index >= 15 is 0 Å². The van der Waals surface area contributed by atoms with Gasteiger partial charge in [-0.05, 0) is 32.4 Å². The molecule has 2 rings (SSSR count). The molecule has 1 N–H and O–H groups in total. The maximum atomic E-state index is 10.8. The molecule has 0 aliphatic carbocycles. The van der Waals surface area contributed by atoms with Crippen molar-refractivity contribution >= 4 is 17.7 Å². The molecule has 0 atom stereocenters. The van der Waals surface area contributed by atoms with Crippen LogP contribution in [0, 0.1) is 6.92 Å². The Bertz CT molecular complexity index is 626. The Hall–Kier alpha value is -1.10. The number of rotatable bonds is 6. The highest BCUT2D eigenvalue weighted by atomic mass is 35.5. The van der Waals surface area contributed by atoms with Crippen molar-refractivity contribution in [1.82, 2.24) is 9.55 Å². The minimum Gasteiger partial charge on any atom is -0.388 e. The maximum absolute atomic E-state index is 10.8. The van der Waals surface area contributed by atoms with Crippen molar-refractivity contribution in [2.45, 2.75) is 65.5 Å². The van der Waals surface area contributed by atoms with Gasteiger partial charge < -0.3 is 14.4 Å². The van der Waals surface area contributed by atoms with E-state index in [2.05, 4.69) is 25.3 Å². The summed E-state index contributed by atoms with van der Waals surface area (Å²) >= 11 is 6.30. The molecule has 1 fully saturated rings. The van der Waals surface area contributed by atoms with Gasteiger partial charge in [-0.25, -0.2) is 4.98 Å². The van der Waals surface area contributed by atoms with Gasteiger partial charge in [-0.2, -0.15) is 0 Å². The second kappa shape index (κ2) is 8.32. The standard InChI is InChI=1S/C19H29ClN2O2/c1-5-14(3)16(20)7-8-17-15(4)22(18(6-2)21-17)13-19(23)9-11-24-12-10-19/h7-8,23H,5-6,9-13H2,1-4H3/b8-7-,16-14-. The lowest BCUT2D eigenvalue weighted by Gasteiger charge is -2.33. The smallest absolute Gasteiger partial charge is 0.109 e. The molecule has 0 bridgehead atoms. The average molecular weight is 353 g/mol. The van der Waals surface area contributed by atoms with Crippen LogP contribution in [0.3, 0.4) is 0 Å². The molecule has 1 aromatic heterocycles. The van der Waals surface area contributed by atoms with Crippen LogP contribution in [0.15, 0.2) is 16.7 Å². The number of halogens is 1. The predicted molar refractivity (Wildman–Crippen MR) is 99.2 cm³/mol. The number of ether oxygens (including phenoxy) is 1. The van der Waals surface area contributed by atoms with Crippen LogP contribution < -0.4 is 0 Å². The predicted octanol–water partition coefficient (Wildman–Crippen LogP) is 4.23. The van der Waals surface area contributed by atoms with Crippen molar-refractivity contribution in [3.05, 3.63) is 33.9 Å². The molecule has 5 heteroatoms. The molecule has 134 valence electrons. The molecule has 2 heterocycles. The zero-order valence-corrected chi connectivity index (χ0v) is 16.0. The molecule has 0 radical (unpaired) electrons. The van der Waals surface area contributed by atoms with Gasteiger partial charge in [0, 0.05) is 43.2 Å². The third-order valence-electron chi connectivity index (χ3n) is 4.85. The molecule has 0 amide bonds. The van der Waals surface area contributed by atoms with Crippen LogP contribution >= 0.6 is 11.6 Å². The van der Waals surface area contributed by atoms with Gasteiger partial charge >= 0.3 is 0 Å². The Morgan fingerprint density at radius 2 is 2.04 bits per heavy atom. The number of allylic oxidation sites excluding steroid dienone is 3. The van der Waals surface area contributed by atoms with Gasteiger partial charge in [0.15, 0.2) is 0 Å². The monoisotopic (exact) mass is 352 g/mol. The summed E-state index contributed by atoms with van der Waals surface area (Å²) in [7, 11) is 0. The summed E-state index contributed by atoms with van der Waals surface area (Å²) in [5.41, 5.74) is 2.45. The molecular formula is C19H29ClN2O2. The first-order valence-electron chi connectivity index (χ1n) is 8.79. The zero-order valence-electron chi connectivity index (χ0n) is 15.2. The van der Waals surface area contributed by atoms with E-state index in [-0.39, 0.29) is 0 Å². The normalized spacial score (nSPS) is 18.9. The number of imidazole rings is 1. The van der Waals surface area contributed by atoms with Gasteiger partial charge in [-0.15, -0.1) is 0 Å². The van der Waals surface area contributed by atoms with Crippen LogP contribution in [0.4, 0.5) is 0 Å². The summed E-state index contributed by atoms with van der Waals surface area (Å²) in [5, 5.41) is 11.6. The molecule has 24 heavy (non-hydrogen) atoms. The van der Waals surface area contributed by atoms with Gasteiger partial charge in [-0.3, -0.25) is 0 Å². The average Bonchev–Trinajstić information content (AvgIpc) is 2.87. The van der Waals surface area contributed by atoms with Crippen LogP contribution in [0.1, 0.15) is 57.2 Å². The summed E-state index contributed by atoms with van der Waals surface area (Å²) in [5.74, 6) is 0.999. The summed E-state index contributed by atoms with van der Waals surface area (Å²) < 4.78 is 7.52. The van der Waals surface area contributed by atoms with Crippen molar-refractivity contribution in [3.8, 4) is 0 Å². The lowest BCUT2D eigenvalue weighted by atomic mass is 9.94.